The van der Waals surface area contributed by atoms with Crippen LogP contribution in [-0.4, -0.2) is 43.6 Å². The molecular weight excluding hydrogens is 405 g/mol. The fourth-order valence-electron chi connectivity index (χ4n) is 3.70. The summed E-state index contributed by atoms with van der Waals surface area (Å²) in [7, 11) is -3.75. The second-order valence-corrected chi connectivity index (χ2v) is 9.91. The standard InChI is InChI=1S/C22H28FN3O3S/c1-15(2)26-11-9-19(10-12-26)30(28,29)25-24-22(27)20-14-18(13-16(3)21(20)23)17-7-5-4-6-8-17/h4-8,13-15,19,25H,9-12H2,1-3H3,(H,24,27). The Hall–Kier alpha value is -2.29. The fourth-order valence-corrected chi connectivity index (χ4v) is 4.94. The first-order chi connectivity index (χ1) is 14.2. The molecule has 8 heteroatoms. The summed E-state index contributed by atoms with van der Waals surface area (Å²) in [4.78, 5) is 17.0. The van der Waals surface area contributed by atoms with Crippen molar-refractivity contribution < 1.29 is 17.6 Å². The van der Waals surface area contributed by atoms with Crippen molar-refractivity contribution in [1.82, 2.24) is 15.2 Å². The number of rotatable bonds is 6. The van der Waals surface area contributed by atoms with Gasteiger partial charge in [0.25, 0.3) is 5.91 Å². The van der Waals surface area contributed by atoms with Crippen molar-refractivity contribution in [3.8, 4) is 11.1 Å². The minimum Gasteiger partial charge on any atom is -0.301 e. The number of hydrogen-bond acceptors (Lipinski definition) is 4. The number of benzene rings is 2. The first-order valence-electron chi connectivity index (χ1n) is 10.1. The van der Waals surface area contributed by atoms with Gasteiger partial charge < -0.3 is 4.90 Å². The molecule has 1 amide bonds. The van der Waals surface area contributed by atoms with Gasteiger partial charge in [-0.15, -0.1) is 4.83 Å². The Balaban J connectivity index is 1.71. The van der Waals surface area contributed by atoms with Crippen LogP contribution in [0.4, 0.5) is 4.39 Å². The van der Waals surface area contributed by atoms with Crippen molar-refractivity contribution in [2.45, 2.75) is 44.9 Å². The Morgan fingerprint density at radius 3 is 2.33 bits per heavy atom. The van der Waals surface area contributed by atoms with Gasteiger partial charge in [-0.3, -0.25) is 10.2 Å². The quantitative estimate of drug-likeness (QED) is 0.686. The Labute approximate surface area is 177 Å². The number of carbonyl (C=O) groups excluding carboxylic acids is 1. The molecule has 2 aromatic carbocycles. The lowest BCUT2D eigenvalue weighted by Crippen LogP contribution is -2.50. The molecule has 0 saturated carbocycles. The van der Waals surface area contributed by atoms with Crippen LogP contribution in [-0.2, 0) is 10.0 Å². The highest BCUT2D eigenvalue weighted by Gasteiger charge is 2.31. The minimum atomic E-state index is -3.75. The van der Waals surface area contributed by atoms with E-state index in [0.29, 0.717) is 43.1 Å². The molecule has 0 aromatic heterocycles. The average molecular weight is 434 g/mol. The molecule has 1 saturated heterocycles. The molecule has 0 atom stereocenters. The number of likely N-dealkylation sites (tertiary alicyclic amines) is 1. The lowest BCUT2D eigenvalue weighted by Gasteiger charge is -2.34. The number of nitrogens with one attached hydrogen (secondary N) is 2. The van der Waals surface area contributed by atoms with Crippen LogP contribution in [0.25, 0.3) is 11.1 Å². The molecule has 1 aliphatic heterocycles. The Bertz CT molecular complexity index is 1000. The Morgan fingerprint density at radius 2 is 1.73 bits per heavy atom. The smallest absolute Gasteiger partial charge is 0.269 e. The molecule has 0 bridgehead atoms. The van der Waals surface area contributed by atoms with Crippen molar-refractivity contribution in [1.29, 1.82) is 0 Å². The minimum absolute atomic E-state index is 0.203. The highest BCUT2D eigenvalue weighted by atomic mass is 32.2. The average Bonchev–Trinajstić information content (AvgIpc) is 2.74. The molecule has 1 aliphatic rings. The number of aryl methyl sites for hydroxylation is 1. The lowest BCUT2D eigenvalue weighted by atomic mass is 9.99. The maximum Gasteiger partial charge on any atom is 0.269 e. The van der Waals surface area contributed by atoms with Crippen LogP contribution in [0.3, 0.4) is 0 Å². The van der Waals surface area contributed by atoms with Gasteiger partial charge in [0.1, 0.15) is 5.82 Å². The zero-order valence-corrected chi connectivity index (χ0v) is 18.3. The number of carbonyl (C=O) groups is 1. The number of piperidine rings is 1. The maximum absolute atomic E-state index is 14.6. The molecule has 0 spiro atoms. The van der Waals surface area contributed by atoms with E-state index < -0.39 is 27.0 Å². The van der Waals surface area contributed by atoms with Crippen LogP contribution in [0.1, 0.15) is 42.6 Å². The summed E-state index contributed by atoms with van der Waals surface area (Å²) in [6.07, 6.45) is 0.973. The van der Waals surface area contributed by atoms with Gasteiger partial charge >= 0.3 is 0 Å². The van der Waals surface area contributed by atoms with Crippen LogP contribution in [0, 0.1) is 12.7 Å². The summed E-state index contributed by atoms with van der Waals surface area (Å²) in [5.74, 6) is -1.49. The predicted octanol–water partition coefficient (Wildman–Crippen LogP) is 3.24. The second-order valence-electron chi connectivity index (χ2n) is 7.95. The van der Waals surface area contributed by atoms with Gasteiger partial charge in [0.2, 0.25) is 10.0 Å². The number of amides is 1. The third-order valence-electron chi connectivity index (χ3n) is 5.56. The highest BCUT2D eigenvalue weighted by Crippen LogP contribution is 2.25. The van der Waals surface area contributed by atoms with Crippen molar-refractivity contribution in [3.63, 3.8) is 0 Å². The summed E-state index contributed by atoms with van der Waals surface area (Å²) in [5.41, 5.74) is 3.82. The molecule has 2 N–H and O–H groups in total. The van der Waals surface area contributed by atoms with Gasteiger partial charge in [-0.1, -0.05) is 30.3 Å². The third kappa shape index (κ3) is 5.06. The van der Waals surface area contributed by atoms with Gasteiger partial charge in [0.15, 0.2) is 0 Å². The van der Waals surface area contributed by atoms with Crippen LogP contribution in [0.15, 0.2) is 42.5 Å². The highest BCUT2D eigenvalue weighted by molar-refractivity contribution is 7.90. The molecule has 0 unspecified atom stereocenters. The number of nitrogens with zero attached hydrogens (tertiary/aromatic N) is 1. The molecule has 2 aromatic rings. The number of sulfonamides is 1. The molecule has 1 fully saturated rings. The Morgan fingerprint density at radius 1 is 1.10 bits per heavy atom. The van der Waals surface area contributed by atoms with Crippen molar-refractivity contribution in [2.24, 2.45) is 0 Å². The normalized spacial score (nSPS) is 16.0. The van der Waals surface area contributed by atoms with Crippen molar-refractivity contribution in [2.75, 3.05) is 13.1 Å². The first-order valence-corrected chi connectivity index (χ1v) is 11.6. The third-order valence-corrected chi connectivity index (χ3v) is 7.29. The SMILES string of the molecule is Cc1cc(-c2ccccc2)cc(C(=O)NNS(=O)(=O)C2CCN(C(C)C)CC2)c1F. The molecule has 3 rings (SSSR count). The summed E-state index contributed by atoms with van der Waals surface area (Å²) in [5, 5.41) is -0.588. The van der Waals surface area contributed by atoms with Crippen LogP contribution < -0.4 is 10.3 Å². The molecule has 1 heterocycles. The zero-order chi connectivity index (χ0) is 21.9. The van der Waals surface area contributed by atoms with E-state index in [0.717, 1.165) is 5.56 Å². The van der Waals surface area contributed by atoms with Crippen molar-refractivity contribution >= 4 is 15.9 Å². The van der Waals surface area contributed by atoms with Gasteiger partial charge in [-0.2, -0.15) is 0 Å². The van der Waals surface area contributed by atoms with Gasteiger partial charge in [-0.05, 0) is 75.5 Å². The number of halogens is 1. The molecule has 6 nitrogen and oxygen atoms in total. The van der Waals surface area contributed by atoms with Crippen LogP contribution >= 0.6 is 0 Å². The molecule has 30 heavy (non-hydrogen) atoms. The summed E-state index contributed by atoms with van der Waals surface area (Å²) in [6, 6.07) is 12.8. The van der Waals surface area contributed by atoms with Gasteiger partial charge in [0, 0.05) is 6.04 Å². The van der Waals surface area contributed by atoms with Gasteiger partial charge in [0.05, 0.1) is 10.8 Å². The predicted molar refractivity (Wildman–Crippen MR) is 116 cm³/mol. The van der Waals surface area contributed by atoms with Gasteiger partial charge in [-0.25, -0.2) is 12.8 Å². The van der Waals surface area contributed by atoms with E-state index in [1.807, 2.05) is 30.3 Å². The summed E-state index contributed by atoms with van der Waals surface area (Å²) < 4.78 is 39.8. The number of hydrazine groups is 1. The van der Waals surface area contributed by atoms with E-state index in [4.69, 9.17) is 0 Å². The molecule has 0 aliphatic carbocycles. The van der Waals surface area contributed by atoms with Crippen molar-refractivity contribution in [3.05, 3.63) is 59.4 Å². The van der Waals surface area contributed by atoms with E-state index in [-0.39, 0.29) is 5.56 Å². The first kappa shape index (κ1) is 22.4. The monoisotopic (exact) mass is 433 g/mol. The lowest BCUT2D eigenvalue weighted by molar-refractivity contribution is 0.0940. The number of hydrogen-bond donors (Lipinski definition) is 2. The molecular formula is C22H28FN3O3S. The van der Waals surface area contributed by atoms with E-state index >= 15 is 0 Å². The van der Waals surface area contributed by atoms with Crippen LogP contribution in [0.2, 0.25) is 0 Å². The zero-order valence-electron chi connectivity index (χ0n) is 17.5. The van der Waals surface area contributed by atoms with E-state index in [1.54, 1.807) is 13.0 Å². The fraction of sp³-hybridized carbons (Fsp3) is 0.409. The topological polar surface area (TPSA) is 78.5 Å². The maximum atomic E-state index is 14.6. The van der Waals surface area contributed by atoms with Crippen LogP contribution in [0.5, 0.6) is 0 Å². The van der Waals surface area contributed by atoms with E-state index in [9.17, 15) is 17.6 Å². The second kappa shape index (κ2) is 9.24. The van der Waals surface area contributed by atoms with E-state index in [2.05, 4.69) is 29.0 Å². The summed E-state index contributed by atoms with van der Waals surface area (Å²) >= 11 is 0. The summed E-state index contributed by atoms with van der Waals surface area (Å²) in [6.45, 7) is 7.10. The largest absolute Gasteiger partial charge is 0.301 e. The Kier molecular flexibility index (Phi) is 6.90. The molecule has 0 radical (unpaired) electrons. The van der Waals surface area contributed by atoms with E-state index in [1.165, 1.54) is 6.07 Å². The molecule has 162 valence electrons.